The van der Waals surface area contributed by atoms with Gasteiger partial charge in [-0.2, -0.15) is 0 Å². The monoisotopic (exact) mass is 267 g/mol. The van der Waals surface area contributed by atoms with E-state index in [9.17, 15) is 5.11 Å². The minimum atomic E-state index is 0.211. The summed E-state index contributed by atoms with van der Waals surface area (Å²) >= 11 is 0. The van der Waals surface area contributed by atoms with Gasteiger partial charge in [-0.05, 0) is 29.7 Å². The summed E-state index contributed by atoms with van der Waals surface area (Å²) < 4.78 is 0. The van der Waals surface area contributed by atoms with E-state index in [0.29, 0.717) is 0 Å². The minimum absolute atomic E-state index is 0.211. The third-order valence-electron chi connectivity index (χ3n) is 4.25. The molecule has 3 rings (SSSR count). The number of hydrogen-bond acceptors (Lipinski definition) is 2. The Morgan fingerprint density at radius 2 is 1.80 bits per heavy atom. The standard InChI is InChI=1S/C18H21NO/c1-14(13-20)18-17-10-6-5-7-15(17)11-12-19(18)16-8-3-2-4-9-16/h2-10,14,18,20H,11-13H2,1H3/t14-,18-/m0/s1. The molecule has 0 aliphatic carbocycles. The SMILES string of the molecule is C[C@@H](CO)[C@H]1c2ccccc2CCN1c1ccccc1. The van der Waals surface area contributed by atoms with Crippen molar-refractivity contribution < 1.29 is 5.11 Å². The smallest absolute Gasteiger partial charge is 0.0592 e. The van der Waals surface area contributed by atoms with Crippen LogP contribution in [0.15, 0.2) is 54.6 Å². The second-order valence-electron chi connectivity index (χ2n) is 5.58. The molecule has 1 N–H and O–H groups in total. The number of hydrogen-bond donors (Lipinski definition) is 1. The molecule has 0 unspecified atom stereocenters. The third kappa shape index (κ3) is 2.32. The summed E-state index contributed by atoms with van der Waals surface area (Å²) in [5, 5.41) is 9.65. The van der Waals surface area contributed by atoms with E-state index in [2.05, 4.69) is 60.4 Å². The van der Waals surface area contributed by atoms with Gasteiger partial charge in [-0.15, -0.1) is 0 Å². The first kappa shape index (κ1) is 13.2. The van der Waals surface area contributed by atoms with Crippen LogP contribution >= 0.6 is 0 Å². The molecule has 0 saturated heterocycles. The minimum Gasteiger partial charge on any atom is -0.396 e. The van der Waals surface area contributed by atoms with Crippen LogP contribution in [0.1, 0.15) is 24.1 Å². The molecule has 0 bridgehead atoms. The lowest BCUT2D eigenvalue weighted by atomic mass is 9.85. The van der Waals surface area contributed by atoms with Gasteiger partial charge in [-0.1, -0.05) is 49.4 Å². The van der Waals surface area contributed by atoms with E-state index in [1.807, 2.05) is 6.07 Å². The van der Waals surface area contributed by atoms with Crippen LogP contribution in [0, 0.1) is 5.92 Å². The average Bonchev–Trinajstić information content (AvgIpc) is 2.54. The lowest BCUT2D eigenvalue weighted by molar-refractivity contribution is 0.210. The molecular weight excluding hydrogens is 246 g/mol. The molecule has 20 heavy (non-hydrogen) atoms. The van der Waals surface area contributed by atoms with Crippen molar-refractivity contribution in [2.45, 2.75) is 19.4 Å². The predicted molar refractivity (Wildman–Crippen MR) is 82.9 cm³/mol. The summed E-state index contributed by atoms with van der Waals surface area (Å²) in [6.07, 6.45) is 1.07. The van der Waals surface area contributed by atoms with Crippen LogP contribution in [0.3, 0.4) is 0 Å². The van der Waals surface area contributed by atoms with Crippen LogP contribution in [0.25, 0.3) is 0 Å². The molecular formula is C18H21NO. The van der Waals surface area contributed by atoms with Crippen molar-refractivity contribution in [3.05, 3.63) is 65.7 Å². The van der Waals surface area contributed by atoms with E-state index in [-0.39, 0.29) is 18.6 Å². The molecule has 104 valence electrons. The van der Waals surface area contributed by atoms with Crippen LogP contribution in [0.5, 0.6) is 0 Å². The van der Waals surface area contributed by atoms with Gasteiger partial charge in [0.05, 0.1) is 6.04 Å². The molecule has 2 aromatic carbocycles. The molecule has 0 radical (unpaired) electrons. The zero-order chi connectivity index (χ0) is 13.9. The van der Waals surface area contributed by atoms with Crippen molar-refractivity contribution in [2.75, 3.05) is 18.1 Å². The van der Waals surface area contributed by atoms with Gasteiger partial charge >= 0.3 is 0 Å². The number of fused-ring (bicyclic) bond motifs is 1. The van der Waals surface area contributed by atoms with Gasteiger partial charge in [0.25, 0.3) is 0 Å². The van der Waals surface area contributed by atoms with Gasteiger partial charge in [0, 0.05) is 24.8 Å². The Morgan fingerprint density at radius 3 is 2.55 bits per heavy atom. The van der Waals surface area contributed by atoms with Gasteiger partial charge in [0.1, 0.15) is 0 Å². The fourth-order valence-corrected chi connectivity index (χ4v) is 3.22. The fourth-order valence-electron chi connectivity index (χ4n) is 3.22. The highest BCUT2D eigenvalue weighted by atomic mass is 16.3. The lowest BCUT2D eigenvalue weighted by Gasteiger charge is -2.41. The number of anilines is 1. The average molecular weight is 267 g/mol. The van der Waals surface area contributed by atoms with Gasteiger partial charge in [0.15, 0.2) is 0 Å². The molecule has 0 amide bonds. The highest BCUT2D eigenvalue weighted by Crippen LogP contribution is 2.38. The number of aliphatic hydroxyl groups excluding tert-OH is 1. The van der Waals surface area contributed by atoms with Crippen LogP contribution in [0.2, 0.25) is 0 Å². The molecule has 0 spiro atoms. The summed E-state index contributed by atoms with van der Waals surface area (Å²) in [6, 6.07) is 19.4. The molecule has 0 aromatic heterocycles. The quantitative estimate of drug-likeness (QED) is 0.921. The molecule has 2 heteroatoms. The van der Waals surface area contributed by atoms with Gasteiger partial charge < -0.3 is 10.0 Å². The number of nitrogens with zero attached hydrogens (tertiary/aromatic N) is 1. The Morgan fingerprint density at radius 1 is 1.10 bits per heavy atom. The first-order valence-corrected chi connectivity index (χ1v) is 7.31. The molecule has 2 aromatic rings. The van der Waals surface area contributed by atoms with E-state index in [0.717, 1.165) is 13.0 Å². The maximum atomic E-state index is 9.65. The Hall–Kier alpha value is -1.80. The second kappa shape index (κ2) is 5.68. The molecule has 1 aliphatic rings. The Kier molecular flexibility index (Phi) is 3.75. The van der Waals surface area contributed by atoms with Crippen molar-refractivity contribution in [3.63, 3.8) is 0 Å². The van der Waals surface area contributed by atoms with E-state index < -0.39 is 0 Å². The van der Waals surface area contributed by atoms with Crippen LogP contribution in [-0.2, 0) is 6.42 Å². The largest absolute Gasteiger partial charge is 0.396 e. The Balaban J connectivity index is 2.04. The molecule has 1 heterocycles. The first-order chi connectivity index (χ1) is 9.81. The second-order valence-corrected chi connectivity index (χ2v) is 5.58. The molecule has 0 fully saturated rings. The van der Waals surface area contributed by atoms with Crippen LogP contribution in [0.4, 0.5) is 5.69 Å². The van der Waals surface area contributed by atoms with Gasteiger partial charge in [-0.25, -0.2) is 0 Å². The molecule has 1 aliphatic heterocycles. The highest BCUT2D eigenvalue weighted by molar-refractivity contribution is 5.52. The number of benzene rings is 2. The van der Waals surface area contributed by atoms with Gasteiger partial charge in [-0.3, -0.25) is 0 Å². The van der Waals surface area contributed by atoms with E-state index in [4.69, 9.17) is 0 Å². The topological polar surface area (TPSA) is 23.5 Å². The number of aliphatic hydroxyl groups is 1. The van der Waals surface area contributed by atoms with Gasteiger partial charge in [0.2, 0.25) is 0 Å². The predicted octanol–water partition coefficient (Wildman–Crippen LogP) is 3.42. The zero-order valence-electron chi connectivity index (χ0n) is 11.9. The number of para-hydroxylation sites is 1. The fraction of sp³-hybridized carbons (Fsp3) is 0.333. The summed E-state index contributed by atoms with van der Waals surface area (Å²) in [6.45, 7) is 3.35. The van der Waals surface area contributed by atoms with Crippen molar-refractivity contribution in [3.8, 4) is 0 Å². The zero-order valence-corrected chi connectivity index (χ0v) is 11.9. The normalized spacial score (nSPS) is 19.5. The first-order valence-electron chi connectivity index (χ1n) is 7.31. The maximum Gasteiger partial charge on any atom is 0.0592 e. The van der Waals surface area contributed by atoms with Crippen molar-refractivity contribution in [1.82, 2.24) is 0 Å². The Bertz CT molecular complexity index is 567. The van der Waals surface area contributed by atoms with E-state index in [1.54, 1.807) is 0 Å². The summed E-state index contributed by atoms with van der Waals surface area (Å²) in [5.41, 5.74) is 4.03. The molecule has 0 saturated carbocycles. The summed E-state index contributed by atoms with van der Waals surface area (Å²) in [5.74, 6) is 0.219. The molecule has 2 atom stereocenters. The Labute approximate surface area is 120 Å². The van der Waals surface area contributed by atoms with Crippen molar-refractivity contribution in [2.24, 2.45) is 5.92 Å². The van der Waals surface area contributed by atoms with Crippen LogP contribution < -0.4 is 4.90 Å². The molecule has 2 nitrogen and oxygen atoms in total. The van der Waals surface area contributed by atoms with E-state index in [1.165, 1.54) is 16.8 Å². The lowest BCUT2D eigenvalue weighted by Crippen LogP contribution is -2.39. The van der Waals surface area contributed by atoms with Crippen LogP contribution in [-0.4, -0.2) is 18.3 Å². The van der Waals surface area contributed by atoms with Crippen molar-refractivity contribution in [1.29, 1.82) is 0 Å². The third-order valence-corrected chi connectivity index (χ3v) is 4.25. The highest BCUT2D eigenvalue weighted by Gasteiger charge is 2.31. The summed E-state index contributed by atoms with van der Waals surface area (Å²) in [7, 11) is 0. The van der Waals surface area contributed by atoms with E-state index >= 15 is 0 Å². The number of rotatable bonds is 3. The summed E-state index contributed by atoms with van der Waals surface area (Å²) in [4.78, 5) is 2.43. The maximum absolute atomic E-state index is 9.65. The van der Waals surface area contributed by atoms with Crippen molar-refractivity contribution >= 4 is 5.69 Å².